The quantitative estimate of drug-likeness (QED) is 0.472. The van der Waals surface area contributed by atoms with Gasteiger partial charge in [0, 0.05) is 23.6 Å². The highest BCUT2D eigenvalue weighted by Gasteiger charge is 2.19. The van der Waals surface area contributed by atoms with Crippen molar-refractivity contribution in [3.63, 3.8) is 0 Å². The van der Waals surface area contributed by atoms with Gasteiger partial charge >= 0.3 is 5.97 Å². The Morgan fingerprint density at radius 2 is 1.84 bits per heavy atom. The molecule has 0 heterocycles. The highest BCUT2D eigenvalue weighted by atomic mass is 35.5. The second kappa shape index (κ2) is 8.53. The summed E-state index contributed by atoms with van der Waals surface area (Å²) in [7, 11) is 0. The Kier molecular flexibility index (Phi) is 6.42. The highest BCUT2D eigenvalue weighted by molar-refractivity contribution is 6.31. The van der Waals surface area contributed by atoms with Gasteiger partial charge in [-0.3, -0.25) is 4.79 Å². The molecule has 0 atom stereocenters. The molecule has 6 heteroatoms. The van der Waals surface area contributed by atoms with E-state index < -0.39 is 5.97 Å². The van der Waals surface area contributed by atoms with E-state index >= 15 is 0 Å². The number of ketones is 1. The van der Waals surface area contributed by atoms with Gasteiger partial charge in [-0.25, -0.2) is 4.79 Å². The summed E-state index contributed by atoms with van der Waals surface area (Å²) in [6, 6.07) is 10.2. The molecule has 0 aliphatic heterocycles. The molecule has 0 bridgehead atoms. The predicted octanol–water partition coefficient (Wildman–Crippen LogP) is 4.61. The summed E-state index contributed by atoms with van der Waals surface area (Å²) in [5.41, 5.74) is 7.63. The zero-order chi connectivity index (χ0) is 18.4. The minimum absolute atomic E-state index is 0.0336. The summed E-state index contributed by atoms with van der Waals surface area (Å²) in [4.78, 5) is 23.8. The molecule has 2 aromatic rings. The van der Waals surface area contributed by atoms with E-state index in [0.29, 0.717) is 29.2 Å². The smallest absolute Gasteiger partial charge is 0.337 e. The van der Waals surface area contributed by atoms with Crippen molar-refractivity contribution >= 4 is 34.7 Å². The molecule has 0 saturated carbocycles. The van der Waals surface area contributed by atoms with Gasteiger partial charge in [-0.15, -0.1) is 0 Å². The van der Waals surface area contributed by atoms with Crippen LogP contribution in [0.3, 0.4) is 0 Å². The number of nitrogen functional groups attached to an aromatic ring is 1. The first-order valence-corrected chi connectivity index (χ1v) is 8.49. The molecule has 0 aliphatic rings. The highest BCUT2D eigenvalue weighted by Crippen LogP contribution is 2.30. The number of halogens is 1. The summed E-state index contributed by atoms with van der Waals surface area (Å²) in [5, 5.41) is 13.0. The third-order valence-electron chi connectivity index (χ3n) is 3.95. The molecule has 0 unspecified atom stereocenters. The number of carboxylic acid groups (broad SMARTS) is 1. The molecule has 2 rings (SSSR count). The lowest BCUT2D eigenvalue weighted by Crippen LogP contribution is -2.13. The van der Waals surface area contributed by atoms with Crippen molar-refractivity contribution < 1.29 is 14.7 Å². The average Bonchev–Trinajstić information content (AvgIpc) is 2.59. The lowest BCUT2D eigenvalue weighted by Gasteiger charge is -2.16. The number of hydrogen-bond donors (Lipinski definition) is 3. The monoisotopic (exact) mass is 360 g/mol. The second-order valence-corrected chi connectivity index (χ2v) is 6.13. The van der Waals surface area contributed by atoms with Gasteiger partial charge in [-0.2, -0.15) is 0 Å². The molecular weight excluding hydrogens is 340 g/mol. The fourth-order valence-electron chi connectivity index (χ4n) is 2.53. The maximum atomic E-state index is 12.5. The van der Waals surface area contributed by atoms with Gasteiger partial charge in [0.15, 0.2) is 5.78 Å². The van der Waals surface area contributed by atoms with Crippen LogP contribution in [0.15, 0.2) is 36.4 Å². The topological polar surface area (TPSA) is 92.4 Å². The Hall–Kier alpha value is -2.53. The Balaban J connectivity index is 2.37. The van der Waals surface area contributed by atoms with Crippen LogP contribution in [-0.2, 0) is 6.54 Å². The number of carbonyl (C=O) groups is 2. The molecule has 0 amide bonds. The Bertz CT molecular complexity index is 790. The normalized spacial score (nSPS) is 10.5. The first kappa shape index (κ1) is 18.8. The zero-order valence-electron chi connectivity index (χ0n) is 14.0. The number of nitrogens with one attached hydrogen (secondary N) is 1. The third-order valence-corrected chi connectivity index (χ3v) is 4.32. The molecule has 0 fully saturated rings. The molecular formula is C19H21ClN2O3. The van der Waals surface area contributed by atoms with Crippen molar-refractivity contribution in [3.8, 4) is 0 Å². The van der Waals surface area contributed by atoms with E-state index in [4.69, 9.17) is 17.3 Å². The largest absolute Gasteiger partial charge is 0.478 e. The summed E-state index contributed by atoms with van der Waals surface area (Å²) < 4.78 is 0. The van der Waals surface area contributed by atoms with Crippen LogP contribution in [-0.4, -0.2) is 16.9 Å². The minimum Gasteiger partial charge on any atom is -0.478 e. The van der Waals surface area contributed by atoms with Gasteiger partial charge in [0.05, 0.1) is 16.9 Å². The Morgan fingerprint density at radius 3 is 2.48 bits per heavy atom. The van der Waals surface area contributed by atoms with Gasteiger partial charge < -0.3 is 16.2 Å². The van der Waals surface area contributed by atoms with Crippen LogP contribution < -0.4 is 11.1 Å². The molecule has 25 heavy (non-hydrogen) atoms. The summed E-state index contributed by atoms with van der Waals surface area (Å²) in [6.45, 7) is 2.34. The van der Waals surface area contributed by atoms with Crippen molar-refractivity contribution in [3.05, 3.63) is 58.1 Å². The molecule has 0 saturated heterocycles. The van der Waals surface area contributed by atoms with E-state index in [-0.39, 0.29) is 17.0 Å². The van der Waals surface area contributed by atoms with Crippen molar-refractivity contribution in [1.82, 2.24) is 0 Å². The fraction of sp³-hybridized carbons (Fsp3) is 0.263. The molecule has 5 nitrogen and oxygen atoms in total. The van der Waals surface area contributed by atoms with Crippen LogP contribution >= 0.6 is 11.6 Å². The maximum Gasteiger partial charge on any atom is 0.337 e. The van der Waals surface area contributed by atoms with Crippen molar-refractivity contribution in [2.75, 3.05) is 11.1 Å². The standard InChI is InChI=1S/C19H21ClN2O3/c1-2-3-8-16(23)13-9-10-14(19(24)25)17(21)18(13)22-11-12-6-4-5-7-15(12)20/h4-7,9-10,22H,2-3,8,11,21H2,1H3,(H,24,25). The number of rotatable bonds is 8. The summed E-state index contributed by atoms with van der Waals surface area (Å²) in [5.74, 6) is -1.20. The predicted molar refractivity (Wildman–Crippen MR) is 100 cm³/mol. The second-order valence-electron chi connectivity index (χ2n) is 5.73. The van der Waals surface area contributed by atoms with Gasteiger partial charge in [-0.05, 0) is 30.2 Å². The van der Waals surface area contributed by atoms with Crippen LogP contribution in [0.25, 0.3) is 0 Å². The number of aromatic carboxylic acids is 1. The maximum absolute atomic E-state index is 12.5. The van der Waals surface area contributed by atoms with E-state index in [0.717, 1.165) is 18.4 Å². The average molecular weight is 361 g/mol. The molecule has 0 spiro atoms. The van der Waals surface area contributed by atoms with Crippen LogP contribution in [0.4, 0.5) is 11.4 Å². The summed E-state index contributed by atoms with van der Waals surface area (Å²) in [6.07, 6.45) is 2.06. The summed E-state index contributed by atoms with van der Waals surface area (Å²) >= 11 is 6.15. The molecule has 0 aromatic heterocycles. The number of unbranched alkanes of at least 4 members (excludes halogenated alkanes) is 1. The van der Waals surface area contributed by atoms with Crippen LogP contribution in [0, 0.1) is 0 Å². The van der Waals surface area contributed by atoms with Gasteiger partial charge in [0.25, 0.3) is 0 Å². The number of carboxylic acids is 1. The van der Waals surface area contributed by atoms with Crippen LogP contribution in [0.5, 0.6) is 0 Å². The number of Topliss-reactive ketones (excluding diaryl/α,β-unsaturated/α-hetero) is 1. The first-order valence-electron chi connectivity index (χ1n) is 8.12. The molecule has 0 radical (unpaired) electrons. The number of nitrogens with two attached hydrogens (primary N) is 1. The Morgan fingerprint density at radius 1 is 1.16 bits per heavy atom. The van der Waals surface area contributed by atoms with Crippen LogP contribution in [0.2, 0.25) is 5.02 Å². The molecule has 2 aromatic carbocycles. The van der Waals surface area contributed by atoms with E-state index in [9.17, 15) is 14.7 Å². The van der Waals surface area contributed by atoms with Crippen LogP contribution in [0.1, 0.15) is 52.5 Å². The van der Waals surface area contributed by atoms with E-state index in [1.165, 1.54) is 12.1 Å². The Labute approximate surface area is 151 Å². The van der Waals surface area contributed by atoms with Gasteiger partial charge in [0.1, 0.15) is 0 Å². The minimum atomic E-state index is -1.13. The van der Waals surface area contributed by atoms with E-state index in [1.54, 1.807) is 6.07 Å². The number of hydrogen-bond acceptors (Lipinski definition) is 4. The molecule has 132 valence electrons. The number of anilines is 2. The third kappa shape index (κ3) is 4.51. The lowest BCUT2D eigenvalue weighted by molar-refractivity contribution is 0.0697. The van der Waals surface area contributed by atoms with E-state index in [2.05, 4.69) is 5.32 Å². The SMILES string of the molecule is CCCCC(=O)c1ccc(C(=O)O)c(N)c1NCc1ccccc1Cl. The van der Waals surface area contributed by atoms with Crippen molar-refractivity contribution in [2.45, 2.75) is 32.7 Å². The van der Waals surface area contributed by atoms with Crippen molar-refractivity contribution in [1.29, 1.82) is 0 Å². The van der Waals surface area contributed by atoms with Gasteiger partial charge in [-0.1, -0.05) is 43.1 Å². The molecule has 0 aliphatic carbocycles. The first-order chi connectivity index (χ1) is 12.0. The van der Waals surface area contributed by atoms with Crippen molar-refractivity contribution in [2.24, 2.45) is 0 Å². The fourth-order valence-corrected chi connectivity index (χ4v) is 2.73. The number of carbonyl (C=O) groups excluding carboxylic acids is 1. The van der Waals surface area contributed by atoms with E-state index in [1.807, 2.05) is 25.1 Å². The number of benzene rings is 2. The molecule has 4 N–H and O–H groups in total. The van der Waals surface area contributed by atoms with Gasteiger partial charge in [0.2, 0.25) is 0 Å². The zero-order valence-corrected chi connectivity index (χ0v) is 14.8. The lowest BCUT2D eigenvalue weighted by atomic mass is 9.99.